The summed E-state index contributed by atoms with van der Waals surface area (Å²) in [4.78, 5) is 25.6. The molecule has 2 aromatic rings. The summed E-state index contributed by atoms with van der Waals surface area (Å²) < 4.78 is 22.7. The number of aryl methyl sites for hydroxylation is 1. The predicted octanol–water partition coefficient (Wildman–Crippen LogP) is 1.15. The van der Waals surface area contributed by atoms with E-state index in [9.17, 15) is 18.0 Å². The van der Waals surface area contributed by atoms with Crippen LogP contribution >= 0.6 is 0 Å². The fraction of sp³-hybridized carbons (Fsp3) is 0.222. The highest BCUT2D eigenvalue weighted by Gasteiger charge is 2.13. The van der Waals surface area contributed by atoms with E-state index < -0.39 is 10.0 Å². The number of nitrogens with one attached hydrogen (secondary N) is 2. The van der Waals surface area contributed by atoms with E-state index in [0.29, 0.717) is 11.4 Å². The van der Waals surface area contributed by atoms with E-state index in [1.54, 1.807) is 30.1 Å². The fourth-order valence-corrected chi connectivity index (χ4v) is 2.89. The molecule has 0 heterocycles. The van der Waals surface area contributed by atoms with E-state index in [1.807, 2.05) is 19.1 Å². The lowest BCUT2D eigenvalue weighted by Crippen LogP contribution is -2.36. The number of hydrogen-bond acceptors (Lipinski definition) is 5. The molecule has 0 aromatic heterocycles. The molecule has 0 bridgehead atoms. The van der Waals surface area contributed by atoms with Crippen molar-refractivity contribution in [1.29, 1.82) is 0 Å². The van der Waals surface area contributed by atoms with Crippen molar-refractivity contribution in [2.75, 3.05) is 30.8 Å². The first kappa shape index (κ1) is 20.6. The van der Waals surface area contributed by atoms with Crippen LogP contribution in [-0.4, -0.2) is 45.3 Å². The Hall–Kier alpha value is -2.75. The van der Waals surface area contributed by atoms with Crippen LogP contribution in [0.1, 0.15) is 5.56 Å². The Balaban J connectivity index is 1.86. The number of nitrogens with two attached hydrogens (primary N) is 1. The van der Waals surface area contributed by atoms with Gasteiger partial charge in [0.05, 0.1) is 18.0 Å². The monoisotopic (exact) mass is 390 g/mol. The largest absolute Gasteiger partial charge is 0.325 e. The van der Waals surface area contributed by atoms with Crippen LogP contribution in [0.2, 0.25) is 0 Å². The van der Waals surface area contributed by atoms with Gasteiger partial charge in [-0.1, -0.05) is 23.8 Å². The molecular weight excluding hydrogens is 368 g/mol. The van der Waals surface area contributed by atoms with Crippen LogP contribution < -0.4 is 15.8 Å². The van der Waals surface area contributed by atoms with Gasteiger partial charge in [0.1, 0.15) is 0 Å². The van der Waals surface area contributed by atoms with Crippen LogP contribution in [0, 0.1) is 6.92 Å². The molecule has 0 aliphatic rings. The minimum atomic E-state index is -3.85. The summed E-state index contributed by atoms with van der Waals surface area (Å²) in [6, 6.07) is 13.0. The number of benzene rings is 2. The van der Waals surface area contributed by atoms with Crippen molar-refractivity contribution >= 4 is 33.2 Å². The van der Waals surface area contributed by atoms with Gasteiger partial charge in [0.15, 0.2) is 0 Å². The Morgan fingerprint density at radius 3 is 2.07 bits per heavy atom. The molecule has 2 amide bonds. The van der Waals surface area contributed by atoms with E-state index in [4.69, 9.17) is 5.14 Å². The SMILES string of the molecule is Cc1ccc(NC(=O)CN(C)CC(=O)Nc2cccc(S(N)(=O)=O)c2)cc1. The zero-order valence-corrected chi connectivity index (χ0v) is 15.9. The second-order valence-corrected chi connectivity index (χ2v) is 7.77. The number of amides is 2. The predicted molar refractivity (Wildman–Crippen MR) is 104 cm³/mol. The Morgan fingerprint density at radius 1 is 0.963 bits per heavy atom. The summed E-state index contributed by atoms with van der Waals surface area (Å²) >= 11 is 0. The van der Waals surface area contributed by atoms with E-state index in [0.717, 1.165) is 5.56 Å². The van der Waals surface area contributed by atoms with Gasteiger partial charge < -0.3 is 10.6 Å². The minimum absolute atomic E-state index is 0.0263. The topological polar surface area (TPSA) is 122 Å². The standard InChI is InChI=1S/C18H22N4O4S/c1-13-6-8-14(9-7-13)20-17(23)11-22(2)12-18(24)21-15-4-3-5-16(10-15)27(19,25)26/h3-10H,11-12H2,1-2H3,(H,20,23)(H,21,24)(H2,19,25,26). The molecule has 0 aliphatic carbocycles. The number of rotatable bonds is 7. The quantitative estimate of drug-likeness (QED) is 0.655. The van der Waals surface area contributed by atoms with Gasteiger partial charge in [0, 0.05) is 11.4 Å². The Labute approximate surface area is 158 Å². The third kappa shape index (κ3) is 6.81. The van der Waals surface area contributed by atoms with Crippen LogP contribution in [0.3, 0.4) is 0 Å². The minimum Gasteiger partial charge on any atom is -0.325 e. The van der Waals surface area contributed by atoms with Gasteiger partial charge in [0.25, 0.3) is 0 Å². The van der Waals surface area contributed by atoms with E-state index in [1.165, 1.54) is 18.2 Å². The molecular formula is C18H22N4O4S. The van der Waals surface area contributed by atoms with Crippen LogP contribution in [-0.2, 0) is 19.6 Å². The van der Waals surface area contributed by atoms with Gasteiger partial charge in [-0.05, 0) is 44.3 Å². The Morgan fingerprint density at radius 2 is 1.52 bits per heavy atom. The van der Waals surface area contributed by atoms with Crippen LogP contribution in [0.25, 0.3) is 0 Å². The smallest absolute Gasteiger partial charge is 0.238 e. The number of carbonyl (C=O) groups is 2. The van der Waals surface area contributed by atoms with Gasteiger partial charge in [-0.25, -0.2) is 13.6 Å². The number of sulfonamides is 1. The number of nitrogens with zero attached hydrogens (tertiary/aromatic N) is 1. The van der Waals surface area contributed by atoms with Gasteiger partial charge in [-0.15, -0.1) is 0 Å². The zero-order valence-electron chi connectivity index (χ0n) is 15.1. The first-order valence-electron chi connectivity index (χ1n) is 8.11. The highest BCUT2D eigenvalue weighted by atomic mass is 32.2. The molecule has 0 radical (unpaired) electrons. The van der Waals surface area contributed by atoms with Crippen molar-refractivity contribution in [2.24, 2.45) is 5.14 Å². The summed E-state index contributed by atoms with van der Waals surface area (Å²) in [6.45, 7) is 1.94. The first-order valence-corrected chi connectivity index (χ1v) is 9.66. The Bertz CT molecular complexity index is 927. The molecule has 2 rings (SSSR count). The van der Waals surface area contributed by atoms with Crippen molar-refractivity contribution in [3.63, 3.8) is 0 Å². The average Bonchev–Trinajstić information content (AvgIpc) is 2.56. The maximum Gasteiger partial charge on any atom is 0.238 e. The van der Waals surface area contributed by atoms with Crippen LogP contribution in [0.15, 0.2) is 53.4 Å². The molecule has 8 nitrogen and oxygen atoms in total. The lowest BCUT2D eigenvalue weighted by molar-refractivity contribution is -0.119. The summed E-state index contributed by atoms with van der Waals surface area (Å²) in [5, 5.41) is 10.4. The lowest BCUT2D eigenvalue weighted by atomic mass is 10.2. The molecule has 144 valence electrons. The van der Waals surface area contributed by atoms with Crippen molar-refractivity contribution in [3.05, 3.63) is 54.1 Å². The van der Waals surface area contributed by atoms with Gasteiger partial charge in [0.2, 0.25) is 21.8 Å². The molecule has 4 N–H and O–H groups in total. The van der Waals surface area contributed by atoms with Crippen molar-refractivity contribution in [3.8, 4) is 0 Å². The van der Waals surface area contributed by atoms with E-state index in [2.05, 4.69) is 10.6 Å². The van der Waals surface area contributed by atoms with Crippen molar-refractivity contribution in [2.45, 2.75) is 11.8 Å². The molecule has 9 heteroatoms. The Kier molecular flexibility index (Phi) is 6.67. The first-order chi connectivity index (χ1) is 12.6. The molecule has 0 saturated heterocycles. The molecule has 0 saturated carbocycles. The molecule has 0 fully saturated rings. The number of hydrogen-bond donors (Lipinski definition) is 3. The van der Waals surface area contributed by atoms with Crippen LogP contribution in [0.5, 0.6) is 0 Å². The summed E-state index contributed by atoms with van der Waals surface area (Å²) in [6.07, 6.45) is 0. The van der Waals surface area contributed by atoms with E-state index in [-0.39, 0.29) is 29.8 Å². The van der Waals surface area contributed by atoms with Gasteiger partial charge in [-0.2, -0.15) is 0 Å². The highest BCUT2D eigenvalue weighted by molar-refractivity contribution is 7.89. The third-order valence-corrected chi connectivity index (χ3v) is 4.52. The maximum atomic E-state index is 12.1. The third-order valence-electron chi connectivity index (χ3n) is 3.61. The summed E-state index contributed by atoms with van der Waals surface area (Å²) in [7, 11) is -2.21. The number of anilines is 2. The second-order valence-electron chi connectivity index (χ2n) is 6.21. The highest BCUT2D eigenvalue weighted by Crippen LogP contribution is 2.14. The molecule has 0 aliphatic heterocycles. The molecule has 27 heavy (non-hydrogen) atoms. The van der Waals surface area contributed by atoms with Gasteiger partial charge >= 0.3 is 0 Å². The van der Waals surface area contributed by atoms with Gasteiger partial charge in [-0.3, -0.25) is 14.5 Å². The van der Waals surface area contributed by atoms with Crippen molar-refractivity contribution in [1.82, 2.24) is 4.90 Å². The summed E-state index contributed by atoms with van der Waals surface area (Å²) in [5.41, 5.74) is 2.08. The number of primary sulfonamides is 1. The maximum absolute atomic E-state index is 12.1. The molecule has 2 aromatic carbocycles. The number of likely N-dealkylation sites (N-methyl/N-ethyl adjacent to an activating group) is 1. The molecule has 0 unspecified atom stereocenters. The average molecular weight is 390 g/mol. The van der Waals surface area contributed by atoms with Crippen LogP contribution in [0.4, 0.5) is 11.4 Å². The normalized spacial score (nSPS) is 11.3. The van der Waals surface area contributed by atoms with Crippen molar-refractivity contribution < 1.29 is 18.0 Å². The molecule has 0 atom stereocenters. The molecule has 0 spiro atoms. The zero-order chi connectivity index (χ0) is 20.0. The number of carbonyl (C=O) groups excluding carboxylic acids is 2. The van der Waals surface area contributed by atoms with E-state index >= 15 is 0 Å². The fourth-order valence-electron chi connectivity index (χ4n) is 2.33. The second kappa shape index (κ2) is 8.76. The lowest BCUT2D eigenvalue weighted by Gasteiger charge is -2.16. The summed E-state index contributed by atoms with van der Waals surface area (Å²) in [5.74, 6) is -0.627.